The minimum atomic E-state index is -0.116. The SMILES string of the molecule is CCCc1nc2cc(N)ccc2n1C1CCN(C)C1=O. The number of nitrogen functional groups attached to an aromatic ring is 1. The van der Waals surface area contributed by atoms with Crippen LogP contribution in [0.5, 0.6) is 0 Å². The molecule has 1 aromatic heterocycles. The molecule has 2 heterocycles. The van der Waals surface area contributed by atoms with Crippen molar-refractivity contribution in [1.82, 2.24) is 14.5 Å². The van der Waals surface area contributed by atoms with Gasteiger partial charge in [0.2, 0.25) is 5.91 Å². The van der Waals surface area contributed by atoms with E-state index in [-0.39, 0.29) is 11.9 Å². The Morgan fingerprint density at radius 1 is 1.45 bits per heavy atom. The quantitative estimate of drug-likeness (QED) is 0.869. The summed E-state index contributed by atoms with van der Waals surface area (Å²) >= 11 is 0. The summed E-state index contributed by atoms with van der Waals surface area (Å²) < 4.78 is 2.12. The molecule has 5 heteroatoms. The molecule has 106 valence electrons. The topological polar surface area (TPSA) is 64.2 Å². The van der Waals surface area contributed by atoms with Gasteiger partial charge in [-0.3, -0.25) is 4.79 Å². The second-order valence-corrected chi connectivity index (χ2v) is 5.46. The number of fused-ring (bicyclic) bond motifs is 1. The van der Waals surface area contributed by atoms with Gasteiger partial charge in [0.05, 0.1) is 11.0 Å². The lowest BCUT2D eigenvalue weighted by Crippen LogP contribution is -2.25. The lowest BCUT2D eigenvalue weighted by molar-refractivity contribution is -0.129. The first-order valence-electron chi connectivity index (χ1n) is 7.13. The molecule has 1 unspecified atom stereocenters. The lowest BCUT2D eigenvalue weighted by atomic mass is 10.2. The minimum Gasteiger partial charge on any atom is -0.399 e. The number of anilines is 1. The number of nitrogens with two attached hydrogens (primary N) is 1. The first-order valence-corrected chi connectivity index (χ1v) is 7.13. The summed E-state index contributed by atoms with van der Waals surface area (Å²) in [6.07, 6.45) is 2.74. The number of imidazole rings is 1. The van der Waals surface area contributed by atoms with E-state index in [2.05, 4.69) is 16.5 Å². The largest absolute Gasteiger partial charge is 0.399 e. The molecule has 0 radical (unpaired) electrons. The predicted molar refractivity (Wildman–Crippen MR) is 79.4 cm³/mol. The van der Waals surface area contributed by atoms with Crippen molar-refractivity contribution in [1.29, 1.82) is 0 Å². The second-order valence-electron chi connectivity index (χ2n) is 5.46. The van der Waals surface area contributed by atoms with Gasteiger partial charge in [-0.15, -0.1) is 0 Å². The molecule has 1 aromatic carbocycles. The molecule has 1 aliphatic rings. The molecule has 1 atom stereocenters. The first-order chi connectivity index (χ1) is 9.61. The average Bonchev–Trinajstić information content (AvgIpc) is 2.91. The number of benzene rings is 1. The van der Waals surface area contributed by atoms with E-state index in [1.54, 1.807) is 4.90 Å². The number of hydrogen-bond donors (Lipinski definition) is 1. The van der Waals surface area contributed by atoms with Crippen LogP contribution in [-0.2, 0) is 11.2 Å². The Bertz CT molecular complexity index is 661. The van der Waals surface area contributed by atoms with E-state index in [0.29, 0.717) is 5.69 Å². The van der Waals surface area contributed by atoms with Crippen LogP contribution in [0.4, 0.5) is 5.69 Å². The third-order valence-corrected chi connectivity index (χ3v) is 3.97. The van der Waals surface area contributed by atoms with Gasteiger partial charge in [0, 0.05) is 25.7 Å². The van der Waals surface area contributed by atoms with Crippen molar-refractivity contribution in [3.8, 4) is 0 Å². The van der Waals surface area contributed by atoms with Gasteiger partial charge < -0.3 is 15.2 Å². The highest BCUT2D eigenvalue weighted by molar-refractivity contribution is 5.86. The molecule has 1 aliphatic heterocycles. The fourth-order valence-electron chi connectivity index (χ4n) is 2.96. The first kappa shape index (κ1) is 13.0. The van der Waals surface area contributed by atoms with Crippen molar-refractivity contribution in [2.75, 3.05) is 19.3 Å². The normalized spacial score (nSPS) is 19.2. The number of amides is 1. The number of aromatic nitrogens is 2. The molecular formula is C15H20N4O. The predicted octanol–water partition coefficient (Wildman–Crippen LogP) is 1.97. The lowest BCUT2D eigenvalue weighted by Gasteiger charge is -2.15. The summed E-state index contributed by atoms with van der Waals surface area (Å²) in [6, 6.07) is 5.62. The Kier molecular flexibility index (Phi) is 3.12. The Hall–Kier alpha value is -2.04. The van der Waals surface area contributed by atoms with Crippen molar-refractivity contribution in [2.45, 2.75) is 32.2 Å². The highest BCUT2D eigenvalue weighted by Gasteiger charge is 2.32. The summed E-state index contributed by atoms with van der Waals surface area (Å²) in [5.74, 6) is 1.17. The van der Waals surface area contributed by atoms with Crippen LogP contribution in [-0.4, -0.2) is 34.0 Å². The number of aryl methyl sites for hydroxylation is 1. The molecule has 0 bridgehead atoms. The standard InChI is InChI=1S/C15H20N4O/c1-3-4-14-17-11-9-10(16)5-6-12(11)19(14)13-7-8-18(2)15(13)20/h5-6,9,13H,3-4,7-8,16H2,1-2H3. The molecule has 1 saturated heterocycles. The second kappa shape index (κ2) is 4.81. The molecule has 5 nitrogen and oxygen atoms in total. The third-order valence-electron chi connectivity index (χ3n) is 3.97. The smallest absolute Gasteiger partial charge is 0.245 e. The van der Waals surface area contributed by atoms with E-state index in [1.165, 1.54) is 0 Å². The summed E-state index contributed by atoms with van der Waals surface area (Å²) in [4.78, 5) is 18.8. The monoisotopic (exact) mass is 272 g/mol. The number of carbonyl (C=O) groups is 1. The van der Waals surface area contributed by atoms with Crippen LogP contribution < -0.4 is 5.73 Å². The summed E-state index contributed by atoms with van der Waals surface area (Å²) in [6.45, 7) is 2.93. The maximum Gasteiger partial charge on any atom is 0.245 e. The molecule has 3 rings (SSSR count). The summed E-state index contributed by atoms with van der Waals surface area (Å²) in [5.41, 5.74) is 8.44. The van der Waals surface area contributed by atoms with Crippen LogP contribution in [0, 0.1) is 0 Å². The van der Waals surface area contributed by atoms with E-state index >= 15 is 0 Å². The fraction of sp³-hybridized carbons (Fsp3) is 0.467. The van der Waals surface area contributed by atoms with Crippen molar-refractivity contribution in [3.63, 3.8) is 0 Å². The van der Waals surface area contributed by atoms with E-state index in [4.69, 9.17) is 5.73 Å². The number of hydrogen-bond acceptors (Lipinski definition) is 3. The van der Waals surface area contributed by atoms with Crippen molar-refractivity contribution >= 4 is 22.6 Å². The molecule has 0 spiro atoms. The Morgan fingerprint density at radius 3 is 2.90 bits per heavy atom. The maximum absolute atomic E-state index is 12.3. The molecule has 0 saturated carbocycles. The van der Waals surface area contributed by atoms with Crippen molar-refractivity contribution in [3.05, 3.63) is 24.0 Å². The highest BCUT2D eigenvalue weighted by atomic mass is 16.2. The van der Waals surface area contributed by atoms with Crippen molar-refractivity contribution in [2.24, 2.45) is 0 Å². The van der Waals surface area contributed by atoms with Gasteiger partial charge in [0.25, 0.3) is 0 Å². The molecule has 2 aromatic rings. The van der Waals surface area contributed by atoms with Gasteiger partial charge >= 0.3 is 0 Å². The molecule has 20 heavy (non-hydrogen) atoms. The molecule has 0 aliphatic carbocycles. The maximum atomic E-state index is 12.3. The van der Waals surface area contributed by atoms with E-state index in [0.717, 1.165) is 42.7 Å². The van der Waals surface area contributed by atoms with E-state index in [9.17, 15) is 4.79 Å². The number of nitrogens with zero attached hydrogens (tertiary/aromatic N) is 3. The Balaban J connectivity index is 2.16. The zero-order valence-electron chi connectivity index (χ0n) is 12.0. The average molecular weight is 272 g/mol. The zero-order chi connectivity index (χ0) is 14.3. The number of likely N-dealkylation sites (tertiary alicyclic amines) is 1. The van der Waals surface area contributed by atoms with Gasteiger partial charge in [0.1, 0.15) is 11.9 Å². The molecule has 1 fully saturated rings. The molecule has 2 N–H and O–H groups in total. The van der Waals surface area contributed by atoms with Crippen LogP contribution in [0.3, 0.4) is 0 Å². The fourth-order valence-corrected chi connectivity index (χ4v) is 2.96. The van der Waals surface area contributed by atoms with Crippen LogP contribution in [0.1, 0.15) is 31.6 Å². The van der Waals surface area contributed by atoms with Gasteiger partial charge in [0.15, 0.2) is 0 Å². The number of rotatable bonds is 3. The van der Waals surface area contributed by atoms with Crippen LogP contribution in [0.25, 0.3) is 11.0 Å². The van der Waals surface area contributed by atoms with Gasteiger partial charge in [-0.05, 0) is 31.0 Å². The Morgan fingerprint density at radius 2 is 2.25 bits per heavy atom. The molecular weight excluding hydrogens is 252 g/mol. The summed E-state index contributed by atoms with van der Waals surface area (Å²) in [7, 11) is 1.86. The zero-order valence-corrected chi connectivity index (χ0v) is 12.0. The molecule has 1 amide bonds. The highest BCUT2D eigenvalue weighted by Crippen LogP contribution is 2.29. The number of likely N-dealkylation sites (N-methyl/N-ethyl adjacent to an activating group) is 1. The van der Waals surface area contributed by atoms with Crippen molar-refractivity contribution < 1.29 is 4.79 Å². The van der Waals surface area contributed by atoms with Crippen LogP contribution in [0.15, 0.2) is 18.2 Å². The summed E-state index contributed by atoms with van der Waals surface area (Å²) in [5, 5.41) is 0. The van der Waals surface area contributed by atoms with Crippen LogP contribution >= 0.6 is 0 Å². The van der Waals surface area contributed by atoms with Crippen LogP contribution in [0.2, 0.25) is 0 Å². The number of carbonyl (C=O) groups excluding carboxylic acids is 1. The Labute approximate surface area is 118 Å². The van der Waals surface area contributed by atoms with Gasteiger partial charge in [-0.2, -0.15) is 0 Å². The minimum absolute atomic E-state index is 0.116. The van der Waals surface area contributed by atoms with E-state index < -0.39 is 0 Å². The van der Waals surface area contributed by atoms with E-state index in [1.807, 2.05) is 25.2 Å². The van der Waals surface area contributed by atoms with Gasteiger partial charge in [-0.1, -0.05) is 6.92 Å². The third kappa shape index (κ3) is 1.94. The van der Waals surface area contributed by atoms with Gasteiger partial charge in [-0.25, -0.2) is 4.98 Å².